The Bertz CT molecular complexity index is 1390. The van der Waals surface area contributed by atoms with E-state index in [-0.39, 0.29) is 11.3 Å². The number of nitrogens with one attached hydrogen (secondary N) is 1. The maximum absolute atomic E-state index is 13.0. The summed E-state index contributed by atoms with van der Waals surface area (Å²) in [6.45, 7) is 0. The second-order valence-corrected chi connectivity index (χ2v) is 11.9. The summed E-state index contributed by atoms with van der Waals surface area (Å²) in [5.74, 6) is 1.60. The maximum atomic E-state index is 13.0. The van der Waals surface area contributed by atoms with Gasteiger partial charge in [-0.05, 0) is 108 Å². The van der Waals surface area contributed by atoms with E-state index in [1.807, 2.05) is 42.5 Å². The van der Waals surface area contributed by atoms with Crippen LogP contribution in [0.1, 0.15) is 60.0 Å². The van der Waals surface area contributed by atoms with E-state index in [1.165, 1.54) is 44.1 Å². The molecule has 2 heteroatoms. The van der Waals surface area contributed by atoms with E-state index in [4.69, 9.17) is 0 Å². The van der Waals surface area contributed by atoms with Crippen molar-refractivity contribution in [2.24, 2.45) is 11.8 Å². The first kappa shape index (κ1) is 22.5. The molecule has 1 N–H and O–H groups in total. The number of amides is 1. The van der Waals surface area contributed by atoms with Gasteiger partial charge in [0.15, 0.2) is 0 Å². The second-order valence-electron chi connectivity index (χ2n) is 11.9. The first-order valence-corrected chi connectivity index (χ1v) is 13.7. The Morgan fingerprint density at radius 3 is 1.70 bits per heavy atom. The van der Waals surface area contributed by atoms with Gasteiger partial charge in [0.25, 0.3) is 5.91 Å². The lowest BCUT2D eigenvalue weighted by atomic mass is 9.42. The summed E-state index contributed by atoms with van der Waals surface area (Å²) >= 11 is 0. The Morgan fingerprint density at radius 1 is 0.595 bits per heavy atom. The van der Waals surface area contributed by atoms with Gasteiger partial charge in [-0.15, -0.1) is 0 Å². The maximum Gasteiger partial charge on any atom is 0.255 e. The highest BCUT2D eigenvalue weighted by atomic mass is 16.1. The molecule has 4 aromatic carbocycles. The molecule has 8 rings (SSSR count). The van der Waals surface area contributed by atoms with Gasteiger partial charge in [0.05, 0.1) is 0 Å². The normalized spacial score (nSPS) is 27.7. The van der Waals surface area contributed by atoms with Crippen LogP contribution in [-0.2, 0) is 10.8 Å². The molecule has 1 amide bonds. The van der Waals surface area contributed by atoms with E-state index >= 15 is 0 Å². The molecule has 0 radical (unpaired) electrons. The first-order chi connectivity index (χ1) is 18.1. The van der Waals surface area contributed by atoms with E-state index in [2.05, 4.69) is 72.0 Å². The molecule has 0 aliphatic heterocycles. The van der Waals surface area contributed by atoms with Crippen LogP contribution in [-0.4, -0.2) is 5.91 Å². The zero-order valence-corrected chi connectivity index (χ0v) is 21.2. The summed E-state index contributed by atoms with van der Waals surface area (Å²) in [5.41, 5.74) is 7.44. The third-order valence-electron chi connectivity index (χ3n) is 9.46. The van der Waals surface area contributed by atoms with Gasteiger partial charge in [0.1, 0.15) is 0 Å². The first-order valence-electron chi connectivity index (χ1n) is 13.7. The Hall–Kier alpha value is -3.65. The topological polar surface area (TPSA) is 29.1 Å². The van der Waals surface area contributed by atoms with Gasteiger partial charge in [-0.2, -0.15) is 0 Å². The fraction of sp³-hybridized carbons (Fsp3) is 0.286. The predicted molar refractivity (Wildman–Crippen MR) is 151 cm³/mol. The molecule has 0 saturated heterocycles. The van der Waals surface area contributed by atoms with E-state index < -0.39 is 0 Å². The molecule has 0 aromatic heterocycles. The summed E-state index contributed by atoms with van der Waals surface area (Å²) in [4.78, 5) is 13.0. The van der Waals surface area contributed by atoms with Gasteiger partial charge < -0.3 is 5.32 Å². The molecule has 37 heavy (non-hydrogen) atoms. The van der Waals surface area contributed by atoms with Crippen molar-refractivity contribution in [3.05, 3.63) is 126 Å². The van der Waals surface area contributed by atoms with E-state index in [9.17, 15) is 4.79 Å². The van der Waals surface area contributed by atoms with Gasteiger partial charge in [-0.3, -0.25) is 4.79 Å². The fourth-order valence-corrected chi connectivity index (χ4v) is 8.28. The Labute approximate surface area is 219 Å². The Balaban J connectivity index is 1.09. The van der Waals surface area contributed by atoms with Gasteiger partial charge in [0, 0.05) is 11.3 Å². The third kappa shape index (κ3) is 4.00. The second kappa shape index (κ2) is 8.73. The zero-order chi connectivity index (χ0) is 24.9. The van der Waals surface area contributed by atoms with Crippen molar-refractivity contribution < 1.29 is 4.79 Å². The zero-order valence-electron chi connectivity index (χ0n) is 21.2. The van der Waals surface area contributed by atoms with Crippen LogP contribution in [0.25, 0.3) is 11.1 Å². The highest BCUT2D eigenvalue weighted by Gasteiger charge is 2.58. The Kier molecular flexibility index (Phi) is 5.32. The lowest BCUT2D eigenvalue weighted by Gasteiger charge is -2.62. The SMILES string of the molecule is O=C(Nc1ccc(C23C[C@@H]4C[C@@H](CC(c5ccccc5)(C4)C2)C3)cc1)c1ccc(-c2ccccc2)cc1. The molecule has 4 aliphatic rings. The highest BCUT2D eigenvalue weighted by molar-refractivity contribution is 6.04. The largest absolute Gasteiger partial charge is 0.322 e. The number of rotatable bonds is 5. The van der Waals surface area contributed by atoms with Crippen LogP contribution in [0.4, 0.5) is 5.69 Å². The van der Waals surface area contributed by atoms with E-state index in [1.54, 1.807) is 5.56 Å². The predicted octanol–water partition coefficient (Wildman–Crippen LogP) is 8.40. The van der Waals surface area contributed by atoms with Gasteiger partial charge >= 0.3 is 0 Å². The molecule has 4 aromatic rings. The van der Waals surface area contributed by atoms with Crippen molar-refractivity contribution in [3.63, 3.8) is 0 Å². The molecule has 0 spiro atoms. The molecular weight excluding hydrogens is 450 g/mol. The minimum absolute atomic E-state index is 0.0646. The van der Waals surface area contributed by atoms with Crippen LogP contribution in [0.3, 0.4) is 0 Å². The number of benzene rings is 4. The van der Waals surface area contributed by atoms with Gasteiger partial charge in [-0.25, -0.2) is 0 Å². The smallest absolute Gasteiger partial charge is 0.255 e. The average Bonchev–Trinajstić information content (AvgIpc) is 2.94. The monoisotopic (exact) mass is 483 g/mol. The quantitative estimate of drug-likeness (QED) is 0.303. The molecule has 4 bridgehead atoms. The summed E-state index contributed by atoms with van der Waals surface area (Å²) < 4.78 is 0. The van der Waals surface area contributed by atoms with Crippen LogP contribution in [0.15, 0.2) is 109 Å². The molecule has 0 heterocycles. The lowest BCUT2D eigenvalue weighted by molar-refractivity contribution is -0.0281. The molecule has 4 saturated carbocycles. The van der Waals surface area contributed by atoms with Crippen LogP contribution in [0.2, 0.25) is 0 Å². The third-order valence-corrected chi connectivity index (χ3v) is 9.46. The van der Waals surface area contributed by atoms with Crippen molar-refractivity contribution >= 4 is 11.6 Å². The molecule has 2 nitrogen and oxygen atoms in total. The van der Waals surface area contributed by atoms with Gasteiger partial charge in [0.2, 0.25) is 0 Å². The molecule has 4 atom stereocenters. The molecule has 4 aliphatic carbocycles. The highest BCUT2D eigenvalue weighted by Crippen LogP contribution is 2.66. The Morgan fingerprint density at radius 2 is 1.11 bits per heavy atom. The number of carbonyl (C=O) groups is 1. The van der Waals surface area contributed by atoms with Crippen molar-refractivity contribution in [3.8, 4) is 11.1 Å². The van der Waals surface area contributed by atoms with E-state index in [0.717, 1.165) is 28.7 Å². The minimum Gasteiger partial charge on any atom is -0.322 e. The average molecular weight is 484 g/mol. The van der Waals surface area contributed by atoms with Crippen LogP contribution in [0, 0.1) is 11.8 Å². The number of hydrogen-bond donors (Lipinski definition) is 1. The van der Waals surface area contributed by atoms with E-state index in [0.29, 0.717) is 11.0 Å². The summed E-state index contributed by atoms with van der Waals surface area (Å²) in [6, 6.07) is 38.2. The van der Waals surface area contributed by atoms with Crippen LogP contribution >= 0.6 is 0 Å². The summed E-state index contributed by atoms with van der Waals surface area (Å²) in [5, 5.41) is 3.11. The number of carbonyl (C=O) groups excluding carboxylic acids is 1. The summed E-state index contributed by atoms with van der Waals surface area (Å²) in [7, 11) is 0. The van der Waals surface area contributed by atoms with Crippen LogP contribution in [0.5, 0.6) is 0 Å². The van der Waals surface area contributed by atoms with Crippen molar-refractivity contribution in [2.75, 3.05) is 5.32 Å². The lowest BCUT2D eigenvalue weighted by Crippen LogP contribution is -2.55. The van der Waals surface area contributed by atoms with Crippen LogP contribution < -0.4 is 5.32 Å². The molecule has 2 unspecified atom stereocenters. The van der Waals surface area contributed by atoms with Crippen molar-refractivity contribution in [1.82, 2.24) is 0 Å². The molecular formula is C35H33NO. The van der Waals surface area contributed by atoms with Gasteiger partial charge in [-0.1, -0.05) is 84.9 Å². The molecule has 4 fully saturated rings. The number of anilines is 1. The minimum atomic E-state index is -0.0646. The molecule has 184 valence electrons. The number of hydrogen-bond acceptors (Lipinski definition) is 1. The van der Waals surface area contributed by atoms with Crippen molar-refractivity contribution in [2.45, 2.75) is 49.4 Å². The fourth-order valence-electron chi connectivity index (χ4n) is 8.28. The standard InChI is InChI=1S/C35H33NO/c37-33(29-13-11-28(12-14-29)27-7-3-1-4-8-27)36-32-17-15-31(16-18-32)35-22-25-19-26(23-35)21-34(20-25,24-35)30-9-5-2-6-10-30/h1-18,25-26H,19-24H2,(H,36,37)/t25-,26+,34?,35?. The summed E-state index contributed by atoms with van der Waals surface area (Å²) in [6.07, 6.45) is 8.01. The van der Waals surface area contributed by atoms with Crippen molar-refractivity contribution in [1.29, 1.82) is 0 Å².